The van der Waals surface area contributed by atoms with Crippen molar-refractivity contribution in [2.45, 2.75) is 49.7 Å². The van der Waals surface area contributed by atoms with E-state index >= 15 is 0 Å². The summed E-state index contributed by atoms with van der Waals surface area (Å²) < 4.78 is 25.5. The van der Waals surface area contributed by atoms with Gasteiger partial charge in [-0.2, -0.15) is 5.21 Å². The summed E-state index contributed by atoms with van der Waals surface area (Å²) in [5.41, 5.74) is 0.843. The van der Waals surface area contributed by atoms with E-state index in [1.807, 2.05) is 4.90 Å². The van der Waals surface area contributed by atoms with Gasteiger partial charge in [-0.05, 0) is 41.8 Å². The first kappa shape index (κ1) is 18.4. The summed E-state index contributed by atoms with van der Waals surface area (Å²) in [6.45, 7) is 0. The van der Waals surface area contributed by atoms with Crippen molar-refractivity contribution in [3.63, 3.8) is 0 Å². The molecule has 1 amide bonds. The minimum atomic E-state index is -0.834. The zero-order valence-electron chi connectivity index (χ0n) is 16.4. The van der Waals surface area contributed by atoms with Gasteiger partial charge in [0.05, 0.1) is 6.04 Å². The second kappa shape index (κ2) is 6.81. The van der Waals surface area contributed by atoms with Crippen LogP contribution in [0.25, 0.3) is 11.4 Å². The molecule has 3 fully saturated rings. The van der Waals surface area contributed by atoms with Crippen molar-refractivity contribution >= 4 is 5.91 Å². The Bertz CT molecular complexity index is 1120. The molecule has 1 spiro atoms. The van der Waals surface area contributed by atoms with E-state index in [0.29, 0.717) is 24.5 Å². The highest BCUT2D eigenvalue weighted by Crippen LogP contribution is 2.51. The molecule has 1 N–H and O–H groups in total. The third-order valence-corrected chi connectivity index (χ3v) is 6.31. The van der Waals surface area contributed by atoms with Gasteiger partial charge in [0.25, 0.3) is 5.91 Å². The minimum absolute atomic E-state index is 0.00215. The van der Waals surface area contributed by atoms with Gasteiger partial charge in [-0.25, -0.2) is 9.37 Å². The topological polar surface area (TPSA) is 106 Å². The van der Waals surface area contributed by atoms with Gasteiger partial charge in [0, 0.05) is 30.7 Å². The van der Waals surface area contributed by atoms with Gasteiger partial charge in [0.1, 0.15) is 18.1 Å². The maximum atomic E-state index is 13.3. The molecule has 2 aromatic heterocycles. The van der Waals surface area contributed by atoms with Crippen LogP contribution in [0, 0.1) is 5.82 Å². The van der Waals surface area contributed by atoms with Gasteiger partial charge in [-0.15, -0.1) is 10.2 Å². The summed E-state index contributed by atoms with van der Waals surface area (Å²) in [5.74, 6) is 0.615. The van der Waals surface area contributed by atoms with E-state index in [1.54, 1.807) is 30.5 Å². The lowest BCUT2D eigenvalue weighted by Crippen LogP contribution is -2.56. The number of benzene rings is 1. The van der Waals surface area contributed by atoms with Gasteiger partial charge < -0.3 is 14.4 Å². The summed E-state index contributed by atoms with van der Waals surface area (Å²) in [6.07, 6.45) is 3.76. The Labute approximate surface area is 176 Å². The number of halogens is 1. The molecule has 158 valence electrons. The van der Waals surface area contributed by atoms with E-state index in [9.17, 15) is 9.18 Å². The van der Waals surface area contributed by atoms with Gasteiger partial charge in [0.15, 0.2) is 5.60 Å². The van der Waals surface area contributed by atoms with Gasteiger partial charge >= 0.3 is 0 Å². The lowest BCUT2D eigenvalue weighted by atomic mass is 9.76. The largest absolute Gasteiger partial charge is 0.474 e. The van der Waals surface area contributed by atoms with E-state index in [2.05, 4.69) is 25.6 Å². The average Bonchev–Trinajstić information content (AvgIpc) is 3.47. The van der Waals surface area contributed by atoms with Crippen molar-refractivity contribution in [3.8, 4) is 17.3 Å². The lowest BCUT2D eigenvalue weighted by molar-refractivity contribution is -0.162. The Morgan fingerprint density at radius 1 is 1.19 bits per heavy atom. The van der Waals surface area contributed by atoms with Crippen LogP contribution >= 0.6 is 0 Å². The SMILES string of the molecule is O=C1N2[C@@H](CC[C@H]2c2ccc(F)cc2)OC12CC(Oc1cc(-c3nn[nH]n3)ccn1)C2. The number of carbonyl (C=O) groups excluding carboxylic acids is 1. The minimum Gasteiger partial charge on any atom is -0.474 e. The first-order valence-corrected chi connectivity index (χ1v) is 10.2. The predicted molar refractivity (Wildman–Crippen MR) is 104 cm³/mol. The predicted octanol–water partition coefficient (Wildman–Crippen LogP) is 2.40. The molecule has 0 bridgehead atoms. The van der Waals surface area contributed by atoms with E-state index in [4.69, 9.17) is 9.47 Å². The van der Waals surface area contributed by atoms with Crippen molar-refractivity contribution in [1.29, 1.82) is 0 Å². The average molecular weight is 422 g/mol. The third kappa shape index (κ3) is 2.97. The molecule has 9 nitrogen and oxygen atoms in total. The summed E-state index contributed by atoms with van der Waals surface area (Å²) >= 11 is 0. The molecule has 0 radical (unpaired) electrons. The zero-order chi connectivity index (χ0) is 21.0. The maximum absolute atomic E-state index is 13.3. The first-order chi connectivity index (χ1) is 15.1. The number of carbonyl (C=O) groups is 1. The normalized spacial score (nSPS) is 29.3. The van der Waals surface area contributed by atoms with Crippen LogP contribution in [0.2, 0.25) is 0 Å². The number of fused-ring (bicyclic) bond motifs is 1. The number of H-pyrrole nitrogens is 1. The summed E-state index contributed by atoms with van der Waals surface area (Å²) in [6, 6.07) is 9.80. The van der Waals surface area contributed by atoms with Gasteiger partial charge in [-0.1, -0.05) is 12.1 Å². The summed E-state index contributed by atoms with van der Waals surface area (Å²) in [5, 5.41) is 13.9. The van der Waals surface area contributed by atoms with Crippen molar-refractivity contribution in [1.82, 2.24) is 30.5 Å². The number of pyridine rings is 1. The molecule has 6 rings (SSSR count). The number of aromatic amines is 1. The molecule has 10 heteroatoms. The summed E-state index contributed by atoms with van der Waals surface area (Å²) in [7, 11) is 0. The molecule has 2 aliphatic heterocycles. The van der Waals surface area contributed by atoms with Crippen molar-refractivity contribution in [3.05, 3.63) is 54.0 Å². The molecule has 31 heavy (non-hydrogen) atoms. The van der Waals surface area contributed by atoms with Crippen LogP contribution in [0.4, 0.5) is 4.39 Å². The van der Waals surface area contributed by atoms with Crippen molar-refractivity contribution < 1.29 is 18.7 Å². The number of tetrazole rings is 1. The molecule has 0 unspecified atom stereocenters. The molecular weight excluding hydrogens is 403 g/mol. The highest BCUT2D eigenvalue weighted by atomic mass is 19.1. The second-order valence-corrected chi connectivity index (χ2v) is 8.19. The first-order valence-electron chi connectivity index (χ1n) is 10.2. The molecule has 2 saturated heterocycles. The van der Waals surface area contributed by atoms with E-state index in [-0.39, 0.29) is 30.1 Å². The quantitative estimate of drug-likeness (QED) is 0.688. The van der Waals surface area contributed by atoms with E-state index in [0.717, 1.165) is 24.0 Å². The number of aromatic nitrogens is 5. The fourth-order valence-corrected chi connectivity index (χ4v) is 4.82. The molecule has 1 aromatic carbocycles. The summed E-state index contributed by atoms with van der Waals surface area (Å²) in [4.78, 5) is 19.4. The van der Waals surface area contributed by atoms with Crippen molar-refractivity contribution in [2.24, 2.45) is 0 Å². The Morgan fingerprint density at radius 3 is 2.81 bits per heavy atom. The maximum Gasteiger partial charge on any atom is 0.257 e. The molecule has 3 aliphatic rings. The number of hydrogen-bond donors (Lipinski definition) is 1. The monoisotopic (exact) mass is 422 g/mol. The van der Waals surface area contributed by atoms with Crippen LogP contribution in [0.1, 0.15) is 37.3 Å². The molecule has 1 saturated carbocycles. The number of nitrogens with one attached hydrogen (secondary N) is 1. The standard InChI is InChI=1S/C21H19FN6O3/c22-14-3-1-12(2-4-14)16-5-6-18-28(16)20(29)21(31-18)10-15(11-21)30-17-9-13(7-8-23-17)19-24-26-27-25-19/h1-4,7-9,15-16,18H,5-6,10-11H2,(H,24,25,26,27)/t15?,16-,18+,21?/m0/s1. The van der Waals surface area contributed by atoms with Crippen LogP contribution in [0.5, 0.6) is 5.88 Å². The number of nitrogens with zero attached hydrogens (tertiary/aromatic N) is 5. The highest BCUT2D eigenvalue weighted by molar-refractivity contribution is 5.89. The highest BCUT2D eigenvalue weighted by Gasteiger charge is 2.63. The molecule has 3 aromatic rings. The van der Waals surface area contributed by atoms with Crippen LogP contribution in [-0.4, -0.2) is 54.3 Å². The smallest absolute Gasteiger partial charge is 0.257 e. The third-order valence-electron chi connectivity index (χ3n) is 6.31. The molecule has 2 atom stereocenters. The Hall–Kier alpha value is -3.40. The number of ether oxygens (including phenoxy) is 2. The second-order valence-electron chi connectivity index (χ2n) is 8.19. The molecule has 1 aliphatic carbocycles. The fraction of sp³-hybridized carbons (Fsp3) is 0.381. The molecular formula is C21H19FN6O3. The van der Waals surface area contributed by atoms with Crippen LogP contribution < -0.4 is 4.74 Å². The van der Waals surface area contributed by atoms with Crippen LogP contribution in [-0.2, 0) is 9.53 Å². The fourth-order valence-electron chi connectivity index (χ4n) is 4.82. The number of hydrogen-bond acceptors (Lipinski definition) is 7. The van der Waals surface area contributed by atoms with E-state index < -0.39 is 5.60 Å². The molecule has 4 heterocycles. The number of rotatable bonds is 4. The Kier molecular flexibility index (Phi) is 4.04. The number of amides is 1. The van der Waals surface area contributed by atoms with Crippen molar-refractivity contribution in [2.75, 3.05) is 0 Å². The van der Waals surface area contributed by atoms with Gasteiger partial charge in [-0.3, -0.25) is 4.79 Å². The van der Waals surface area contributed by atoms with E-state index in [1.165, 1.54) is 12.1 Å². The van der Waals surface area contributed by atoms with Gasteiger partial charge in [0.2, 0.25) is 11.7 Å². The Balaban J connectivity index is 1.14. The zero-order valence-corrected chi connectivity index (χ0v) is 16.4. The van der Waals surface area contributed by atoms with Crippen LogP contribution in [0.15, 0.2) is 42.6 Å². The lowest BCUT2D eigenvalue weighted by Gasteiger charge is -2.42. The Morgan fingerprint density at radius 2 is 2.03 bits per heavy atom. The van der Waals surface area contributed by atoms with Crippen LogP contribution in [0.3, 0.4) is 0 Å².